The minimum atomic E-state index is -0.278. The molecule has 0 atom stereocenters. The zero-order chi connectivity index (χ0) is 14.6. The molecule has 2 amide bonds. The number of hydrogen-bond donors (Lipinski definition) is 2. The van der Waals surface area contributed by atoms with E-state index in [0.717, 1.165) is 19.3 Å². The van der Waals surface area contributed by atoms with Gasteiger partial charge in [0.1, 0.15) is 11.5 Å². The molecule has 1 aliphatic carbocycles. The van der Waals surface area contributed by atoms with Gasteiger partial charge in [0.05, 0.1) is 5.54 Å². The molecule has 1 saturated carbocycles. The highest BCUT2D eigenvalue weighted by Crippen LogP contribution is 2.37. The maximum absolute atomic E-state index is 12.4. The van der Waals surface area contributed by atoms with Crippen molar-refractivity contribution in [1.29, 1.82) is 0 Å². The van der Waals surface area contributed by atoms with Gasteiger partial charge in [-0.1, -0.05) is 0 Å². The van der Waals surface area contributed by atoms with Crippen LogP contribution in [-0.4, -0.2) is 45.3 Å². The van der Waals surface area contributed by atoms with E-state index in [4.69, 9.17) is 0 Å². The maximum atomic E-state index is 12.4. The van der Waals surface area contributed by atoms with E-state index >= 15 is 0 Å². The number of likely N-dealkylation sites (tertiary alicyclic amines) is 1. The Morgan fingerprint density at radius 2 is 2.10 bits per heavy atom. The first-order chi connectivity index (χ1) is 10.0. The predicted molar refractivity (Wildman–Crippen MR) is 72.8 cm³/mol. The van der Waals surface area contributed by atoms with Gasteiger partial charge < -0.3 is 15.2 Å². The lowest BCUT2D eigenvalue weighted by atomic mass is 9.88. The van der Waals surface area contributed by atoms with Crippen molar-refractivity contribution in [3.05, 3.63) is 27.9 Å². The van der Waals surface area contributed by atoms with Crippen molar-refractivity contribution in [3.8, 4) is 0 Å². The van der Waals surface area contributed by atoms with Crippen LogP contribution in [0.2, 0.25) is 0 Å². The summed E-state index contributed by atoms with van der Waals surface area (Å²) in [6, 6.07) is 1.26. The summed E-state index contributed by atoms with van der Waals surface area (Å²) >= 11 is 0. The summed E-state index contributed by atoms with van der Waals surface area (Å²) in [4.78, 5) is 44.0. The van der Waals surface area contributed by atoms with Gasteiger partial charge in [-0.05, 0) is 19.3 Å². The fraction of sp³-hybridized carbons (Fsp3) is 0.571. The number of carbonyl (C=O) groups excluding carboxylic acids is 2. The quantitative estimate of drug-likeness (QED) is 0.784. The molecule has 2 saturated heterocycles. The molecule has 1 aromatic rings. The van der Waals surface area contributed by atoms with Crippen LogP contribution in [0.1, 0.15) is 47.9 Å². The van der Waals surface area contributed by atoms with Crippen LogP contribution in [0.3, 0.4) is 0 Å². The zero-order valence-corrected chi connectivity index (χ0v) is 11.5. The molecule has 7 heteroatoms. The fourth-order valence-corrected chi connectivity index (χ4v) is 3.14. The van der Waals surface area contributed by atoms with E-state index in [1.807, 2.05) is 0 Å². The minimum Gasteiger partial charge on any atom is -0.347 e. The molecule has 7 nitrogen and oxygen atoms in total. The van der Waals surface area contributed by atoms with Crippen molar-refractivity contribution in [2.75, 3.05) is 13.1 Å². The zero-order valence-electron chi connectivity index (χ0n) is 11.5. The van der Waals surface area contributed by atoms with Gasteiger partial charge in [-0.25, -0.2) is 4.98 Å². The normalized spacial score (nSPS) is 23.0. The lowest BCUT2D eigenvalue weighted by molar-refractivity contribution is -0.120. The number of rotatable bonds is 2. The van der Waals surface area contributed by atoms with Crippen LogP contribution in [0.25, 0.3) is 0 Å². The molecule has 3 heterocycles. The van der Waals surface area contributed by atoms with Gasteiger partial charge in [-0.3, -0.25) is 14.4 Å². The monoisotopic (exact) mass is 288 g/mol. The molecule has 110 valence electrons. The highest BCUT2D eigenvalue weighted by molar-refractivity contribution is 5.93. The molecule has 0 unspecified atom stereocenters. The Bertz CT molecular complexity index is 686. The van der Waals surface area contributed by atoms with Gasteiger partial charge in [-0.2, -0.15) is 0 Å². The van der Waals surface area contributed by atoms with Gasteiger partial charge in [0.15, 0.2) is 0 Å². The average molecular weight is 288 g/mol. The number of aromatic amines is 1. The molecule has 1 spiro atoms. The number of hydrogen-bond acceptors (Lipinski definition) is 4. The first kappa shape index (κ1) is 12.6. The molecule has 2 N–H and O–H groups in total. The first-order valence-corrected chi connectivity index (χ1v) is 7.26. The van der Waals surface area contributed by atoms with Crippen LogP contribution >= 0.6 is 0 Å². The Balaban J connectivity index is 1.51. The Kier molecular flexibility index (Phi) is 2.49. The van der Waals surface area contributed by atoms with Crippen molar-refractivity contribution in [3.63, 3.8) is 0 Å². The van der Waals surface area contributed by atoms with Crippen molar-refractivity contribution >= 4 is 11.8 Å². The second-order valence-electron chi connectivity index (χ2n) is 6.28. The number of nitrogens with one attached hydrogen (secondary N) is 2. The topological polar surface area (TPSA) is 95.2 Å². The molecule has 1 aromatic heterocycles. The van der Waals surface area contributed by atoms with Crippen LogP contribution in [0.4, 0.5) is 0 Å². The van der Waals surface area contributed by atoms with Crippen LogP contribution < -0.4 is 10.9 Å². The highest BCUT2D eigenvalue weighted by atomic mass is 16.2. The van der Waals surface area contributed by atoms with Gasteiger partial charge in [0.25, 0.3) is 11.5 Å². The average Bonchev–Trinajstić information content (AvgIpc) is 3.18. The van der Waals surface area contributed by atoms with E-state index < -0.39 is 0 Å². The number of aromatic nitrogens is 2. The van der Waals surface area contributed by atoms with Crippen LogP contribution in [0, 0.1) is 0 Å². The molecule has 3 fully saturated rings. The third kappa shape index (κ3) is 2.12. The van der Waals surface area contributed by atoms with E-state index in [1.54, 1.807) is 4.90 Å². The van der Waals surface area contributed by atoms with Crippen molar-refractivity contribution < 1.29 is 9.59 Å². The van der Waals surface area contributed by atoms with Crippen molar-refractivity contribution in [2.24, 2.45) is 0 Å². The third-order valence-corrected chi connectivity index (χ3v) is 4.45. The molecule has 2 aliphatic heterocycles. The third-order valence-electron chi connectivity index (χ3n) is 4.45. The van der Waals surface area contributed by atoms with Gasteiger partial charge in [-0.15, -0.1) is 0 Å². The minimum absolute atomic E-state index is 0.0485. The van der Waals surface area contributed by atoms with Gasteiger partial charge in [0.2, 0.25) is 5.91 Å². The largest absolute Gasteiger partial charge is 0.347 e. The number of amides is 2. The number of carbonyl (C=O) groups is 2. The van der Waals surface area contributed by atoms with E-state index in [-0.39, 0.29) is 28.6 Å². The van der Waals surface area contributed by atoms with E-state index in [1.165, 1.54) is 6.07 Å². The molecular weight excluding hydrogens is 272 g/mol. The summed E-state index contributed by atoms with van der Waals surface area (Å²) in [5, 5.41) is 2.93. The second-order valence-corrected chi connectivity index (χ2v) is 6.28. The Hall–Kier alpha value is -2.18. The molecule has 3 aliphatic rings. The predicted octanol–water partition coefficient (Wildman–Crippen LogP) is -0.248. The van der Waals surface area contributed by atoms with Crippen LogP contribution in [-0.2, 0) is 4.79 Å². The summed E-state index contributed by atoms with van der Waals surface area (Å²) in [6.45, 7) is 1.01. The van der Waals surface area contributed by atoms with Gasteiger partial charge >= 0.3 is 0 Å². The Morgan fingerprint density at radius 3 is 2.71 bits per heavy atom. The first-order valence-electron chi connectivity index (χ1n) is 7.26. The van der Waals surface area contributed by atoms with Crippen molar-refractivity contribution in [1.82, 2.24) is 20.2 Å². The summed E-state index contributed by atoms with van der Waals surface area (Å²) in [7, 11) is 0. The van der Waals surface area contributed by atoms with Crippen LogP contribution in [0.5, 0.6) is 0 Å². The Morgan fingerprint density at radius 1 is 1.33 bits per heavy atom. The molecule has 0 aromatic carbocycles. The lowest BCUT2D eigenvalue weighted by Gasteiger charge is -2.47. The molecule has 0 bridgehead atoms. The Labute approximate surface area is 120 Å². The van der Waals surface area contributed by atoms with Crippen molar-refractivity contribution in [2.45, 2.75) is 37.1 Å². The van der Waals surface area contributed by atoms with E-state index in [9.17, 15) is 14.4 Å². The van der Waals surface area contributed by atoms with Gasteiger partial charge in [0, 0.05) is 31.5 Å². The fourth-order valence-electron chi connectivity index (χ4n) is 3.14. The van der Waals surface area contributed by atoms with E-state index in [0.29, 0.717) is 31.3 Å². The van der Waals surface area contributed by atoms with E-state index in [2.05, 4.69) is 15.3 Å². The summed E-state index contributed by atoms with van der Waals surface area (Å²) in [6.07, 6.45) is 3.32. The SMILES string of the molecule is O=C1CCC2(CN(C(=O)c3cc(=O)[nH]c(C4CC4)n3)C2)N1. The molecule has 0 radical (unpaired) electrons. The van der Waals surface area contributed by atoms with Crippen LogP contribution in [0.15, 0.2) is 10.9 Å². The lowest BCUT2D eigenvalue weighted by Crippen LogP contribution is -2.68. The smallest absolute Gasteiger partial charge is 0.272 e. The summed E-state index contributed by atoms with van der Waals surface area (Å²) in [5.41, 5.74) is -0.313. The second kappa shape index (κ2) is 4.16. The maximum Gasteiger partial charge on any atom is 0.272 e. The molecular formula is C14H16N4O3. The molecule has 21 heavy (non-hydrogen) atoms. The number of H-pyrrole nitrogens is 1. The standard InChI is InChI=1S/C14H16N4O3/c19-10-3-4-14(17-10)6-18(7-14)13(21)9-5-11(20)16-12(15-9)8-1-2-8/h5,8H,1-4,6-7H2,(H,17,19)(H,15,16,20). The summed E-state index contributed by atoms with van der Waals surface area (Å²) < 4.78 is 0. The summed E-state index contributed by atoms with van der Waals surface area (Å²) in [5.74, 6) is 0.736. The highest BCUT2D eigenvalue weighted by Gasteiger charge is 2.49. The molecule has 4 rings (SSSR count). The number of nitrogens with zero attached hydrogens (tertiary/aromatic N) is 2.